The van der Waals surface area contributed by atoms with Crippen molar-refractivity contribution in [3.05, 3.63) is 27.8 Å². The minimum absolute atomic E-state index is 0.227. The van der Waals surface area contributed by atoms with Gasteiger partial charge in [0.2, 0.25) is 0 Å². The highest BCUT2D eigenvalue weighted by Crippen LogP contribution is 2.23. The summed E-state index contributed by atoms with van der Waals surface area (Å²) in [6, 6.07) is 9.16. The summed E-state index contributed by atoms with van der Waals surface area (Å²) < 4.78 is 6.55. The van der Waals surface area contributed by atoms with E-state index in [0.717, 1.165) is 25.7 Å². The van der Waals surface area contributed by atoms with Gasteiger partial charge in [-0.15, -0.1) is 0 Å². The monoisotopic (exact) mass is 416 g/mol. The lowest BCUT2D eigenvalue weighted by Crippen LogP contribution is -2.42. The molecular weight excluding hydrogens is 391 g/mol. The molecular formula is C17H25IN2O2. The van der Waals surface area contributed by atoms with E-state index in [2.05, 4.69) is 57.5 Å². The van der Waals surface area contributed by atoms with Crippen LogP contribution in [0.4, 0.5) is 10.5 Å². The fraction of sp³-hybridized carbons (Fsp3) is 0.588. The van der Waals surface area contributed by atoms with E-state index in [4.69, 9.17) is 4.74 Å². The van der Waals surface area contributed by atoms with Crippen LogP contribution in [0.3, 0.4) is 0 Å². The van der Waals surface area contributed by atoms with Gasteiger partial charge in [0.05, 0.1) is 0 Å². The van der Waals surface area contributed by atoms with Gasteiger partial charge >= 0.3 is 6.09 Å². The second-order valence-electron chi connectivity index (χ2n) is 6.85. The molecule has 4 nitrogen and oxygen atoms in total. The van der Waals surface area contributed by atoms with E-state index in [0.29, 0.717) is 6.04 Å². The van der Waals surface area contributed by atoms with Crippen LogP contribution in [-0.4, -0.2) is 23.8 Å². The van der Waals surface area contributed by atoms with E-state index < -0.39 is 5.60 Å². The first-order valence-electron chi connectivity index (χ1n) is 7.83. The minimum Gasteiger partial charge on any atom is -0.444 e. The number of carbonyl (C=O) groups excluding carboxylic acids is 1. The van der Waals surface area contributed by atoms with Crippen LogP contribution in [0.25, 0.3) is 0 Å². The zero-order chi connectivity index (χ0) is 16.2. The largest absolute Gasteiger partial charge is 0.444 e. The van der Waals surface area contributed by atoms with Crippen molar-refractivity contribution in [1.82, 2.24) is 5.32 Å². The Morgan fingerprint density at radius 3 is 2.18 bits per heavy atom. The number of alkyl carbamates (subject to hydrolysis) is 1. The Morgan fingerprint density at radius 2 is 1.64 bits per heavy atom. The maximum Gasteiger partial charge on any atom is 0.407 e. The Morgan fingerprint density at radius 1 is 1.09 bits per heavy atom. The molecule has 1 aliphatic carbocycles. The Bertz CT molecular complexity index is 488. The summed E-state index contributed by atoms with van der Waals surface area (Å²) in [6.07, 6.45) is 3.79. The van der Waals surface area contributed by atoms with Gasteiger partial charge in [-0.05, 0) is 93.3 Å². The van der Waals surface area contributed by atoms with Crippen LogP contribution in [0.2, 0.25) is 0 Å². The number of rotatable bonds is 3. The van der Waals surface area contributed by atoms with Crippen LogP contribution in [0.1, 0.15) is 46.5 Å². The van der Waals surface area contributed by atoms with Gasteiger partial charge in [0.25, 0.3) is 0 Å². The lowest BCUT2D eigenvalue weighted by molar-refractivity contribution is 0.0492. The smallest absolute Gasteiger partial charge is 0.407 e. The first-order valence-corrected chi connectivity index (χ1v) is 8.91. The molecule has 0 bridgehead atoms. The third kappa shape index (κ3) is 6.02. The zero-order valence-corrected chi connectivity index (χ0v) is 15.6. The molecule has 0 aliphatic heterocycles. The highest BCUT2D eigenvalue weighted by molar-refractivity contribution is 14.1. The fourth-order valence-electron chi connectivity index (χ4n) is 2.64. The molecule has 2 rings (SSSR count). The van der Waals surface area contributed by atoms with Gasteiger partial charge in [0.15, 0.2) is 0 Å². The Hall–Kier alpha value is -0.980. The van der Waals surface area contributed by atoms with E-state index in [1.54, 1.807) is 0 Å². The van der Waals surface area contributed by atoms with Crippen molar-refractivity contribution in [2.45, 2.75) is 64.1 Å². The number of amides is 1. The number of nitrogens with one attached hydrogen (secondary N) is 2. The number of carbonyl (C=O) groups is 1. The molecule has 2 N–H and O–H groups in total. The van der Waals surface area contributed by atoms with Crippen molar-refractivity contribution in [1.29, 1.82) is 0 Å². The lowest BCUT2D eigenvalue weighted by Gasteiger charge is -2.31. The molecule has 0 atom stereocenters. The maximum absolute atomic E-state index is 11.8. The van der Waals surface area contributed by atoms with Gasteiger partial charge in [-0.2, -0.15) is 0 Å². The molecule has 5 heteroatoms. The predicted molar refractivity (Wildman–Crippen MR) is 98.2 cm³/mol. The van der Waals surface area contributed by atoms with Gasteiger partial charge in [-0.25, -0.2) is 4.79 Å². The zero-order valence-electron chi connectivity index (χ0n) is 13.5. The van der Waals surface area contributed by atoms with Crippen LogP contribution in [0.5, 0.6) is 0 Å². The summed E-state index contributed by atoms with van der Waals surface area (Å²) in [5.74, 6) is 0. The van der Waals surface area contributed by atoms with Crippen molar-refractivity contribution in [3.8, 4) is 0 Å². The first kappa shape index (κ1) is 17.4. The third-order valence-electron chi connectivity index (χ3n) is 3.66. The quantitative estimate of drug-likeness (QED) is 0.712. The molecule has 0 radical (unpaired) electrons. The summed E-state index contributed by atoms with van der Waals surface area (Å²) in [7, 11) is 0. The van der Waals surface area contributed by atoms with Gasteiger partial charge in [-0.3, -0.25) is 0 Å². The normalized spacial score (nSPS) is 22.0. The van der Waals surface area contributed by atoms with Crippen molar-refractivity contribution in [2.24, 2.45) is 0 Å². The molecule has 1 amide bonds. The van der Waals surface area contributed by atoms with E-state index >= 15 is 0 Å². The first-order chi connectivity index (χ1) is 10.3. The maximum atomic E-state index is 11.8. The van der Waals surface area contributed by atoms with Gasteiger partial charge in [0, 0.05) is 21.3 Å². The van der Waals surface area contributed by atoms with Crippen LogP contribution in [-0.2, 0) is 4.74 Å². The predicted octanol–water partition coefficient (Wildman–Crippen LogP) is 4.54. The lowest BCUT2D eigenvalue weighted by atomic mass is 9.91. The molecule has 0 heterocycles. The minimum atomic E-state index is -0.437. The number of hydrogen-bond acceptors (Lipinski definition) is 3. The van der Waals surface area contributed by atoms with E-state index in [1.165, 1.54) is 9.26 Å². The van der Waals surface area contributed by atoms with Crippen molar-refractivity contribution < 1.29 is 9.53 Å². The molecule has 1 fully saturated rings. The average Bonchev–Trinajstić information content (AvgIpc) is 2.41. The van der Waals surface area contributed by atoms with E-state index in [9.17, 15) is 4.79 Å². The average molecular weight is 416 g/mol. The molecule has 1 aromatic rings. The Kier molecular flexibility index (Phi) is 5.94. The second-order valence-corrected chi connectivity index (χ2v) is 8.09. The summed E-state index contributed by atoms with van der Waals surface area (Å²) in [5, 5.41) is 6.55. The summed E-state index contributed by atoms with van der Waals surface area (Å²) in [6.45, 7) is 5.65. The molecule has 1 aromatic carbocycles. The highest BCUT2D eigenvalue weighted by atomic mass is 127. The molecule has 122 valence electrons. The van der Waals surface area contributed by atoms with Crippen molar-refractivity contribution >= 4 is 34.4 Å². The molecule has 0 spiro atoms. The van der Waals surface area contributed by atoms with Crippen LogP contribution >= 0.6 is 22.6 Å². The van der Waals surface area contributed by atoms with Gasteiger partial charge in [-0.1, -0.05) is 0 Å². The summed E-state index contributed by atoms with van der Waals surface area (Å²) in [4.78, 5) is 11.8. The van der Waals surface area contributed by atoms with Crippen molar-refractivity contribution in [3.63, 3.8) is 0 Å². The third-order valence-corrected chi connectivity index (χ3v) is 4.38. The number of ether oxygens (including phenoxy) is 1. The fourth-order valence-corrected chi connectivity index (χ4v) is 3.00. The van der Waals surface area contributed by atoms with Crippen LogP contribution < -0.4 is 10.6 Å². The summed E-state index contributed by atoms with van der Waals surface area (Å²) >= 11 is 2.31. The molecule has 0 saturated heterocycles. The van der Waals surface area contributed by atoms with Crippen molar-refractivity contribution in [2.75, 3.05) is 5.32 Å². The molecule has 22 heavy (non-hydrogen) atoms. The number of hydrogen-bond donors (Lipinski definition) is 2. The van der Waals surface area contributed by atoms with Gasteiger partial charge in [0.1, 0.15) is 5.60 Å². The molecule has 1 aliphatic rings. The number of halogens is 1. The molecule has 1 saturated carbocycles. The Labute approximate surface area is 146 Å². The van der Waals surface area contributed by atoms with Crippen LogP contribution in [0.15, 0.2) is 24.3 Å². The van der Waals surface area contributed by atoms with E-state index in [-0.39, 0.29) is 12.1 Å². The molecule has 0 aromatic heterocycles. The molecule has 0 unspecified atom stereocenters. The van der Waals surface area contributed by atoms with E-state index in [1.807, 2.05) is 20.8 Å². The standard InChI is InChI=1S/C17H25IN2O2/c1-17(2,3)22-16(21)20-15-10-8-14(9-11-15)19-13-6-4-12(18)5-7-13/h4-7,14-15,19H,8-11H2,1-3H3,(H,20,21). The SMILES string of the molecule is CC(C)(C)OC(=O)NC1CCC(Nc2ccc(I)cc2)CC1. The number of benzene rings is 1. The van der Waals surface area contributed by atoms with Gasteiger partial charge < -0.3 is 15.4 Å². The number of anilines is 1. The topological polar surface area (TPSA) is 50.4 Å². The van der Waals surface area contributed by atoms with Crippen LogP contribution in [0, 0.1) is 3.57 Å². The summed E-state index contributed by atoms with van der Waals surface area (Å²) in [5.41, 5.74) is 0.733. The Balaban J connectivity index is 1.73. The second kappa shape index (κ2) is 7.53. The highest BCUT2D eigenvalue weighted by Gasteiger charge is 2.24.